The number of rotatable bonds is 4. The summed E-state index contributed by atoms with van der Waals surface area (Å²) in [5.41, 5.74) is 5.71. The van der Waals surface area contributed by atoms with Crippen molar-refractivity contribution >= 4 is 0 Å². The fourth-order valence-electron chi connectivity index (χ4n) is 1.86. The first kappa shape index (κ1) is 12.5. The van der Waals surface area contributed by atoms with Gasteiger partial charge in [0.1, 0.15) is 6.04 Å². The molecule has 0 aromatic carbocycles. The summed E-state index contributed by atoms with van der Waals surface area (Å²) >= 11 is 0. The minimum atomic E-state index is -0.700. The van der Waals surface area contributed by atoms with Crippen LogP contribution < -0.4 is 5.73 Å². The first-order valence-electron chi connectivity index (χ1n) is 6.04. The molecule has 1 aliphatic rings. The Bertz CT molecular complexity index is 347. The van der Waals surface area contributed by atoms with Gasteiger partial charge in [-0.1, -0.05) is 5.16 Å². The number of aromatic nitrogens is 2. The van der Waals surface area contributed by atoms with Crippen LogP contribution in [0.15, 0.2) is 4.52 Å². The molecule has 0 spiro atoms. The molecule has 3 atom stereocenters. The monoisotopic (exact) mass is 241 g/mol. The fraction of sp³-hybridized carbons (Fsp3) is 0.818. The highest BCUT2D eigenvalue weighted by Crippen LogP contribution is 2.17. The first-order valence-corrected chi connectivity index (χ1v) is 6.04. The molecule has 1 saturated heterocycles. The lowest BCUT2D eigenvalue weighted by atomic mass is 10.1. The summed E-state index contributed by atoms with van der Waals surface area (Å²) < 4.78 is 10.6. The molecule has 96 valence electrons. The molecule has 0 radical (unpaired) electrons. The molecular weight excluding hydrogens is 222 g/mol. The quantitative estimate of drug-likeness (QED) is 0.800. The van der Waals surface area contributed by atoms with E-state index >= 15 is 0 Å². The molecule has 6 nitrogen and oxygen atoms in total. The van der Waals surface area contributed by atoms with Gasteiger partial charge in [0.25, 0.3) is 0 Å². The van der Waals surface area contributed by atoms with Crippen molar-refractivity contribution in [1.82, 2.24) is 10.1 Å². The largest absolute Gasteiger partial charge is 0.391 e. The van der Waals surface area contributed by atoms with Crippen molar-refractivity contribution in [2.45, 2.75) is 50.9 Å². The van der Waals surface area contributed by atoms with Crippen molar-refractivity contribution < 1.29 is 14.4 Å². The van der Waals surface area contributed by atoms with Gasteiger partial charge in [-0.25, -0.2) is 0 Å². The second-order valence-corrected chi connectivity index (χ2v) is 4.51. The molecule has 2 rings (SSSR count). The minimum Gasteiger partial charge on any atom is -0.391 e. The summed E-state index contributed by atoms with van der Waals surface area (Å²) in [4.78, 5) is 4.18. The van der Waals surface area contributed by atoms with Crippen LogP contribution in [0.1, 0.15) is 43.9 Å². The van der Waals surface area contributed by atoms with Crippen molar-refractivity contribution in [2.24, 2.45) is 5.73 Å². The standard InChI is InChI=1S/C11H19N3O3/c1-7(15)10(12)11-13-9(14-17-11)6-8-4-2-3-5-16-8/h7-8,10,15H,2-6,12H2,1H3/t7-,8?,10+/m1/s1. The summed E-state index contributed by atoms with van der Waals surface area (Å²) in [7, 11) is 0. The molecule has 1 fully saturated rings. The molecule has 1 aromatic rings. The van der Waals surface area contributed by atoms with Crippen LogP contribution in [0.3, 0.4) is 0 Å². The first-order chi connectivity index (χ1) is 8.16. The molecule has 0 aliphatic carbocycles. The van der Waals surface area contributed by atoms with Crippen LogP contribution >= 0.6 is 0 Å². The van der Waals surface area contributed by atoms with Crippen LogP contribution in [0.5, 0.6) is 0 Å². The number of hydrogen-bond donors (Lipinski definition) is 2. The molecule has 3 N–H and O–H groups in total. The zero-order valence-corrected chi connectivity index (χ0v) is 10.0. The molecule has 1 aromatic heterocycles. The minimum absolute atomic E-state index is 0.178. The van der Waals surface area contributed by atoms with E-state index in [1.54, 1.807) is 6.92 Å². The summed E-state index contributed by atoms with van der Waals surface area (Å²) in [5, 5.41) is 13.2. The van der Waals surface area contributed by atoms with Crippen molar-refractivity contribution in [3.05, 3.63) is 11.7 Å². The number of aliphatic hydroxyl groups is 1. The van der Waals surface area contributed by atoms with Gasteiger partial charge in [-0.15, -0.1) is 0 Å². The van der Waals surface area contributed by atoms with E-state index in [2.05, 4.69) is 10.1 Å². The molecule has 6 heteroatoms. The third-order valence-corrected chi connectivity index (χ3v) is 2.97. The number of hydrogen-bond acceptors (Lipinski definition) is 6. The van der Waals surface area contributed by atoms with E-state index in [4.69, 9.17) is 15.0 Å². The number of aliphatic hydroxyl groups excluding tert-OH is 1. The maximum atomic E-state index is 9.33. The van der Waals surface area contributed by atoms with Crippen LogP contribution in [0.2, 0.25) is 0 Å². The summed E-state index contributed by atoms with van der Waals surface area (Å²) in [6, 6.07) is -0.622. The van der Waals surface area contributed by atoms with E-state index < -0.39 is 12.1 Å². The molecule has 17 heavy (non-hydrogen) atoms. The predicted molar refractivity (Wildman–Crippen MR) is 60.2 cm³/mol. The Labute approximate surface area is 100 Å². The normalized spacial score (nSPS) is 24.5. The number of ether oxygens (including phenoxy) is 1. The van der Waals surface area contributed by atoms with E-state index in [-0.39, 0.29) is 12.0 Å². The lowest BCUT2D eigenvalue weighted by Gasteiger charge is -2.20. The number of nitrogens with zero attached hydrogens (tertiary/aromatic N) is 2. The Hall–Kier alpha value is -0.980. The fourth-order valence-corrected chi connectivity index (χ4v) is 1.86. The van der Waals surface area contributed by atoms with E-state index in [0.717, 1.165) is 19.4 Å². The lowest BCUT2D eigenvalue weighted by Crippen LogP contribution is -2.24. The highest BCUT2D eigenvalue weighted by molar-refractivity contribution is 4.95. The molecule has 2 heterocycles. The van der Waals surface area contributed by atoms with E-state index in [1.165, 1.54) is 6.42 Å². The van der Waals surface area contributed by atoms with Gasteiger partial charge >= 0.3 is 0 Å². The summed E-state index contributed by atoms with van der Waals surface area (Å²) in [6.45, 7) is 2.40. The predicted octanol–water partition coefficient (Wildman–Crippen LogP) is 0.562. The van der Waals surface area contributed by atoms with Crippen molar-refractivity contribution in [3.63, 3.8) is 0 Å². The Kier molecular flexibility index (Phi) is 4.09. The molecule has 1 unspecified atom stereocenters. The van der Waals surface area contributed by atoms with Gasteiger partial charge in [0.05, 0.1) is 12.2 Å². The zero-order chi connectivity index (χ0) is 12.3. The van der Waals surface area contributed by atoms with Crippen LogP contribution in [0.4, 0.5) is 0 Å². The third-order valence-electron chi connectivity index (χ3n) is 2.97. The molecular formula is C11H19N3O3. The maximum Gasteiger partial charge on any atom is 0.246 e. The zero-order valence-electron chi connectivity index (χ0n) is 10.0. The molecule has 0 bridgehead atoms. The number of nitrogens with two attached hydrogens (primary N) is 1. The summed E-state index contributed by atoms with van der Waals surface area (Å²) in [6.07, 6.45) is 3.47. The molecule has 0 amide bonds. The van der Waals surface area contributed by atoms with Crippen LogP contribution in [0.25, 0.3) is 0 Å². The highest BCUT2D eigenvalue weighted by Gasteiger charge is 2.22. The molecule has 1 aliphatic heterocycles. The molecule has 0 saturated carbocycles. The van der Waals surface area contributed by atoms with E-state index in [0.29, 0.717) is 12.2 Å². The van der Waals surface area contributed by atoms with E-state index in [1.807, 2.05) is 0 Å². The van der Waals surface area contributed by atoms with Crippen molar-refractivity contribution in [3.8, 4) is 0 Å². The van der Waals surface area contributed by atoms with Gasteiger partial charge in [0.2, 0.25) is 5.89 Å². The van der Waals surface area contributed by atoms with Crippen LogP contribution in [-0.2, 0) is 11.2 Å². The second-order valence-electron chi connectivity index (χ2n) is 4.51. The Balaban J connectivity index is 1.93. The SMILES string of the molecule is C[C@@H](O)[C@H](N)c1nc(CC2CCCCO2)no1. The second kappa shape index (κ2) is 5.57. The van der Waals surface area contributed by atoms with Gasteiger partial charge in [-0.2, -0.15) is 4.98 Å². The van der Waals surface area contributed by atoms with Gasteiger partial charge in [-0.05, 0) is 26.2 Å². The van der Waals surface area contributed by atoms with Gasteiger partial charge in [0.15, 0.2) is 5.82 Å². The lowest BCUT2D eigenvalue weighted by molar-refractivity contribution is 0.0153. The van der Waals surface area contributed by atoms with E-state index in [9.17, 15) is 5.11 Å². The third kappa shape index (κ3) is 3.24. The van der Waals surface area contributed by atoms with Gasteiger partial charge < -0.3 is 20.1 Å². The van der Waals surface area contributed by atoms with Crippen molar-refractivity contribution in [1.29, 1.82) is 0 Å². The topological polar surface area (TPSA) is 94.4 Å². The maximum absolute atomic E-state index is 9.33. The van der Waals surface area contributed by atoms with Crippen molar-refractivity contribution in [2.75, 3.05) is 6.61 Å². The summed E-state index contributed by atoms with van der Waals surface area (Å²) in [5.74, 6) is 0.883. The highest BCUT2D eigenvalue weighted by atomic mass is 16.5. The average molecular weight is 241 g/mol. The Morgan fingerprint density at radius 3 is 3.00 bits per heavy atom. The van der Waals surface area contributed by atoms with Gasteiger partial charge in [0, 0.05) is 13.0 Å². The Morgan fingerprint density at radius 1 is 1.53 bits per heavy atom. The average Bonchev–Trinajstić information content (AvgIpc) is 2.77. The van der Waals surface area contributed by atoms with Crippen LogP contribution in [0, 0.1) is 0 Å². The Morgan fingerprint density at radius 2 is 2.35 bits per heavy atom. The van der Waals surface area contributed by atoms with Gasteiger partial charge in [-0.3, -0.25) is 0 Å². The smallest absolute Gasteiger partial charge is 0.246 e. The van der Waals surface area contributed by atoms with Crippen LogP contribution in [-0.4, -0.2) is 34.1 Å².